The van der Waals surface area contributed by atoms with Crippen molar-refractivity contribution in [2.75, 3.05) is 0 Å². The number of benzene rings is 1. The molecule has 3 nitrogen and oxygen atoms in total. The van der Waals surface area contributed by atoms with E-state index < -0.39 is 6.61 Å². The van der Waals surface area contributed by atoms with E-state index >= 15 is 0 Å². The van der Waals surface area contributed by atoms with E-state index in [2.05, 4.69) is 9.72 Å². The number of pyridine rings is 1. The molecule has 0 radical (unpaired) electrons. The van der Waals surface area contributed by atoms with Crippen LogP contribution in [0.4, 0.5) is 8.78 Å². The molecule has 0 aliphatic rings. The Labute approximate surface area is 119 Å². The van der Waals surface area contributed by atoms with Gasteiger partial charge in [0.2, 0.25) is 0 Å². The van der Waals surface area contributed by atoms with Gasteiger partial charge in [0, 0.05) is 24.4 Å². The lowest BCUT2D eigenvalue weighted by molar-refractivity contribution is -0.0498. The summed E-state index contributed by atoms with van der Waals surface area (Å²) in [4.78, 5) is 15.9. The molecule has 1 aromatic heterocycles. The van der Waals surface area contributed by atoms with Crippen molar-refractivity contribution in [1.82, 2.24) is 4.98 Å². The quantitative estimate of drug-likeness (QED) is 0.789. The summed E-state index contributed by atoms with van der Waals surface area (Å²) in [6, 6.07) is 7.31. The topological polar surface area (TPSA) is 39.2 Å². The second-order valence-corrected chi connectivity index (χ2v) is 4.38. The lowest BCUT2D eigenvalue weighted by Crippen LogP contribution is -2.06. The van der Waals surface area contributed by atoms with E-state index in [0.717, 1.165) is 0 Å². The first-order chi connectivity index (χ1) is 9.56. The van der Waals surface area contributed by atoms with Crippen LogP contribution in [-0.2, 0) is 6.42 Å². The van der Waals surface area contributed by atoms with E-state index in [9.17, 15) is 13.6 Å². The molecule has 0 spiro atoms. The summed E-state index contributed by atoms with van der Waals surface area (Å²) in [5.41, 5.74) is 0.919. The third-order valence-electron chi connectivity index (χ3n) is 2.59. The standard InChI is InChI=1S/C14H10ClF2NO2/c15-12-8-18-5-4-9(12)7-13(19)10-2-1-3-11(6-10)20-14(16)17/h1-6,8,14H,7H2. The molecule has 0 saturated carbocycles. The molecule has 0 saturated heterocycles. The zero-order chi connectivity index (χ0) is 14.5. The van der Waals surface area contributed by atoms with Crippen molar-refractivity contribution in [3.8, 4) is 5.75 Å². The van der Waals surface area contributed by atoms with Crippen molar-refractivity contribution >= 4 is 17.4 Å². The maximum absolute atomic E-state index is 12.1. The number of ketones is 1. The fourth-order valence-electron chi connectivity index (χ4n) is 1.67. The molecule has 0 amide bonds. The molecule has 0 aliphatic carbocycles. The summed E-state index contributed by atoms with van der Waals surface area (Å²) in [5.74, 6) is -0.288. The number of ether oxygens (including phenoxy) is 1. The molecule has 20 heavy (non-hydrogen) atoms. The van der Waals surface area contributed by atoms with E-state index in [1.165, 1.54) is 36.7 Å². The summed E-state index contributed by atoms with van der Waals surface area (Å²) in [6.45, 7) is -2.92. The number of hydrogen-bond donors (Lipinski definition) is 0. The monoisotopic (exact) mass is 297 g/mol. The highest BCUT2D eigenvalue weighted by atomic mass is 35.5. The third kappa shape index (κ3) is 3.74. The molecule has 0 bridgehead atoms. The van der Waals surface area contributed by atoms with Crippen LogP contribution in [0.3, 0.4) is 0 Å². The Bertz CT molecular complexity index is 620. The van der Waals surface area contributed by atoms with Crippen molar-refractivity contribution in [2.24, 2.45) is 0 Å². The molecule has 0 N–H and O–H groups in total. The Morgan fingerprint density at radius 1 is 1.35 bits per heavy atom. The maximum Gasteiger partial charge on any atom is 0.387 e. The van der Waals surface area contributed by atoms with E-state index in [4.69, 9.17) is 11.6 Å². The summed E-state index contributed by atoms with van der Waals surface area (Å²) in [5, 5.41) is 0.390. The van der Waals surface area contributed by atoms with Crippen molar-refractivity contribution in [3.05, 3.63) is 58.9 Å². The number of hydrogen-bond acceptors (Lipinski definition) is 3. The first kappa shape index (κ1) is 14.4. The molecule has 0 unspecified atom stereocenters. The Hall–Kier alpha value is -2.01. The molecule has 2 aromatic rings. The van der Waals surface area contributed by atoms with Crippen molar-refractivity contribution < 1.29 is 18.3 Å². The third-order valence-corrected chi connectivity index (χ3v) is 2.93. The molecule has 0 fully saturated rings. The molecular formula is C14H10ClF2NO2. The molecule has 1 heterocycles. The Kier molecular flexibility index (Phi) is 4.63. The minimum atomic E-state index is -2.92. The van der Waals surface area contributed by atoms with Gasteiger partial charge in [-0.3, -0.25) is 9.78 Å². The number of Topliss-reactive ketones (excluding diaryl/α,β-unsaturated/α-hetero) is 1. The van der Waals surface area contributed by atoms with Gasteiger partial charge in [-0.15, -0.1) is 0 Å². The average molecular weight is 298 g/mol. The van der Waals surface area contributed by atoms with Crippen LogP contribution in [0, 0.1) is 0 Å². The fraction of sp³-hybridized carbons (Fsp3) is 0.143. The minimum absolute atomic E-state index is 0.0494. The average Bonchev–Trinajstić information content (AvgIpc) is 2.41. The van der Waals surface area contributed by atoms with Crippen LogP contribution in [0.25, 0.3) is 0 Å². The van der Waals surface area contributed by atoms with Gasteiger partial charge in [-0.2, -0.15) is 8.78 Å². The highest BCUT2D eigenvalue weighted by molar-refractivity contribution is 6.31. The van der Waals surface area contributed by atoms with Gasteiger partial charge in [-0.1, -0.05) is 23.7 Å². The number of halogens is 3. The van der Waals surface area contributed by atoms with Gasteiger partial charge in [0.05, 0.1) is 5.02 Å². The Morgan fingerprint density at radius 3 is 2.85 bits per heavy atom. The second-order valence-electron chi connectivity index (χ2n) is 3.97. The summed E-state index contributed by atoms with van der Waals surface area (Å²) < 4.78 is 28.5. The number of rotatable bonds is 5. The lowest BCUT2D eigenvalue weighted by Gasteiger charge is -2.07. The predicted molar refractivity (Wildman–Crippen MR) is 70.4 cm³/mol. The van der Waals surface area contributed by atoms with Crippen molar-refractivity contribution in [2.45, 2.75) is 13.0 Å². The number of carbonyl (C=O) groups is 1. The van der Waals surface area contributed by atoms with Crippen LogP contribution < -0.4 is 4.74 Å². The highest BCUT2D eigenvalue weighted by Crippen LogP contribution is 2.19. The highest BCUT2D eigenvalue weighted by Gasteiger charge is 2.12. The Morgan fingerprint density at radius 2 is 2.15 bits per heavy atom. The predicted octanol–water partition coefficient (Wildman–Crippen LogP) is 3.76. The zero-order valence-corrected chi connectivity index (χ0v) is 11.0. The summed E-state index contributed by atoms with van der Waals surface area (Å²) in [6.07, 6.45) is 3.05. The van der Waals surface area contributed by atoms with Crippen LogP contribution in [0.1, 0.15) is 15.9 Å². The van der Waals surface area contributed by atoms with Gasteiger partial charge >= 0.3 is 6.61 Å². The van der Waals surface area contributed by atoms with Crippen LogP contribution in [0.15, 0.2) is 42.7 Å². The minimum Gasteiger partial charge on any atom is -0.435 e. The first-order valence-corrected chi connectivity index (χ1v) is 6.10. The molecule has 2 rings (SSSR count). The molecule has 104 valence electrons. The van der Waals surface area contributed by atoms with E-state index in [1.807, 2.05) is 0 Å². The summed E-state index contributed by atoms with van der Waals surface area (Å²) in [7, 11) is 0. The van der Waals surface area contributed by atoms with Crippen molar-refractivity contribution in [3.63, 3.8) is 0 Å². The van der Waals surface area contributed by atoms with Gasteiger partial charge in [0.15, 0.2) is 5.78 Å². The first-order valence-electron chi connectivity index (χ1n) is 5.72. The molecule has 6 heteroatoms. The van der Waals surface area contributed by atoms with Crippen LogP contribution in [0.2, 0.25) is 5.02 Å². The number of carbonyl (C=O) groups excluding carboxylic acids is 1. The van der Waals surface area contributed by atoms with E-state index in [-0.39, 0.29) is 23.5 Å². The summed E-state index contributed by atoms with van der Waals surface area (Å²) >= 11 is 5.92. The van der Waals surface area contributed by atoms with Crippen LogP contribution in [0.5, 0.6) is 5.75 Å². The number of nitrogens with zero attached hydrogens (tertiary/aromatic N) is 1. The lowest BCUT2D eigenvalue weighted by atomic mass is 10.0. The molecular weight excluding hydrogens is 288 g/mol. The van der Waals surface area contributed by atoms with Gasteiger partial charge < -0.3 is 4.74 Å². The number of aromatic nitrogens is 1. The van der Waals surface area contributed by atoms with Gasteiger partial charge in [0.1, 0.15) is 5.75 Å². The fourth-order valence-corrected chi connectivity index (χ4v) is 1.85. The zero-order valence-electron chi connectivity index (χ0n) is 10.2. The SMILES string of the molecule is O=C(Cc1ccncc1Cl)c1cccc(OC(F)F)c1. The van der Waals surface area contributed by atoms with Crippen LogP contribution >= 0.6 is 11.6 Å². The van der Waals surface area contributed by atoms with Gasteiger partial charge in [0.25, 0.3) is 0 Å². The van der Waals surface area contributed by atoms with Gasteiger partial charge in [-0.25, -0.2) is 0 Å². The van der Waals surface area contributed by atoms with Crippen LogP contribution in [-0.4, -0.2) is 17.4 Å². The maximum atomic E-state index is 12.1. The van der Waals surface area contributed by atoms with Gasteiger partial charge in [-0.05, 0) is 23.8 Å². The normalized spacial score (nSPS) is 10.6. The number of alkyl halides is 2. The molecule has 1 aromatic carbocycles. The Balaban J connectivity index is 2.15. The molecule has 0 aliphatic heterocycles. The van der Waals surface area contributed by atoms with Crippen molar-refractivity contribution in [1.29, 1.82) is 0 Å². The largest absolute Gasteiger partial charge is 0.435 e. The van der Waals surface area contributed by atoms with E-state index in [0.29, 0.717) is 10.6 Å². The smallest absolute Gasteiger partial charge is 0.387 e. The second kappa shape index (κ2) is 6.43. The molecule has 0 atom stereocenters. The van der Waals surface area contributed by atoms with E-state index in [1.54, 1.807) is 6.07 Å².